The first-order valence-corrected chi connectivity index (χ1v) is 10.1. The third-order valence-corrected chi connectivity index (χ3v) is 4.92. The molecule has 1 heterocycles. The van der Waals surface area contributed by atoms with E-state index in [1.807, 2.05) is 0 Å². The number of aliphatic imine (C=N–C) groups is 1. The number of aryl methyl sites for hydroxylation is 1. The smallest absolute Gasteiger partial charge is 0.191 e. The van der Waals surface area contributed by atoms with Gasteiger partial charge in [0.15, 0.2) is 5.96 Å². The first kappa shape index (κ1) is 24.6. The van der Waals surface area contributed by atoms with Crippen LogP contribution in [0.1, 0.15) is 52.2 Å². The zero-order chi connectivity index (χ0) is 17.9. The summed E-state index contributed by atoms with van der Waals surface area (Å²) in [5, 5.41) is 10.1. The van der Waals surface area contributed by atoms with Gasteiger partial charge < -0.3 is 10.6 Å². The van der Waals surface area contributed by atoms with E-state index in [4.69, 9.17) is 4.99 Å². The highest BCUT2D eigenvalue weighted by molar-refractivity contribution is 14.0. The Kier molecular flexibility index (Phi) is 13.5. The lowest BCUT2D eigenvalue weighted by molar-refractivity contribution is 0.181. The maximum Gasteiger partial charge on any atom is 0.191 e. The van der Waals surface area contributed by atoms with Gasteiger partial charge in [-0.2, -0.15) is 0 Å². The number of aromatic nitrogens is 1. The van der Waals surface area contributed by atoms with Gasteiger partial charge in [0.25, 0.3) is 0 Å². The van der Waals surface area contributed by atoms with Gasteiger partial charge in [-0.15, -0.1) is 35.3 Å². The lowest BCUT2D eigenvalue weighted by Gasteiger charge is -2.29. The van der Waals surface area contributed by atoms with Gasteiger partial charge >= 0.3 is 0 Å². The number of thiazole rings is 1. The van der Waals surface area contributed by atoms with Gasteiger partial charge in [0.1, 0.15) is 0 Å². The molecule has 1 aromatic rings. The monoisotopic (exact) mass is 481 g/mol. The van der Waals surface area contributed by atoms with Crippen LogP contribution in [0, 0.1) is 0 Å². The molecule has 0 saturated carbocycles. The van der Waals surface area contributed by atoms with Crippen molar-refractivity contribution >= 4 is 41.3 Å². The molecule has 0 radical (unpaired) electrons. The summed E-state index contributed by atoms with van der Waals surface area (Å²) < 4.78 is 0. The summed E-state index contributed by atoms with van der Waals surface area (Å²) >= 11 is 1.75. The molecule has 0 spiro atoms. The van der Waals surface area contributed by atoms with E-state index in [1.54, 1.807) is 11.3 Å². The Balaban J connectivity index is 0.00000576. The van der Waals surface area contributed by atoms with E-state index < -0.39 is 0 Å². The lowest BCUT2D eigenvalue weighted by atomic mass is 10.2. The Morgan fingerprint density at radius 3 is 2.40 bits per heavy atom. The van der Waals surface area contributed by atoms with E-state index >= 15 is 0 Å². The average molecular weight is 481 g/mol. The maximum absolute atomic E-state index is 4.71. The molecule has 0 bridgehead atoms. The highest BCUT2D eigenvalue weighted by Gasteiger charge is 2.12. The van der Waals surface area contributed by atoms with Crippen molar-refractivity contribution in [3.63, 3.8) is 0 Å². The molecule has 5 nitrogen and oxygen atoms in total. The molecule has 0 amide bonds. The molecule has 25 heavy (non-hydrogen) atoms. The average Bonchev–Trinajstić information content (AvgIpc) is 2.98. The molecule has 0 aliphatic carbocycles. The molecule has 0 aliphatic heterocycles. The summed E-state index contributed by atoms with van der Waals surface area (Å²) in [7, 11) is 0. The summed E-state index contributed by atoms with van der Waals surface area (Å²) in [6, 6.07) is 1.10. The van der Waals surface area contributed by atoms with Crippen molar-refractivity contribution in [2.45, 2.75) is 66.5 Å². The van der Waals surface area contributed by atoms with Crippen molar-refractivity contribution in [2.24, 2.45) is 4.99 Å². The summed E-state index contributed by atoms with van der Waals surface area (Å²) in [6.07, 6.45) is 1.95. The Labute approximate surface area is 175 Å². The molecule has 146 valence electrons. The van der Waals surface area contributed by atoms with E-state index in [2.05, 4.69) is 67.4 Å². The van der Waals surface area contributed by atoms with Crippen LogP contribution in [0.15, 0.2) is 10.4 Å². The fraction of sp³-hybridized carbons (Fsp3) is 0.778. The van der Waals surface area contributed by atoms with Gasteiger partial charge in [0, 0.05) is 43.5 Å². The molecule has 7 heteroatoms. The SMILES string of the molecule is CCNC(=NCCN(C(C)C)C(C)C)NCCc1csc(CC)n1.I. The molecule has 0 unspecified atom stereocenters. The minimum Gasteiger partial charge on any atom is -0.357 e. The Hall–Kier alpha value is -0.410. The van der Waals surface area contributed by atoms with E-state index in [1.165, 1.54) is 10.7 Å². The minimum absolute atomic E-state index is 0. The largest absolute Gasteiger partial charge is 0.357 e. The number of hydrogen-bond donors (Lipinski definition) is 2. The van der Waals surface area contributed by atoms with Gasteiger partial charge in [-0.05, 0) is 41.0 Å². The third kappa shape index (κ3) is 9.75. The highest BCUT2D eigenvalue weighted by atomic mass is 127. The topological polar surface area (TPSA) is 52.6 Å². The molecule has 0 fully saturated rings. The van der Waals surface area contributed by atoms with Gasteiger partial charge in [-0.3, -0.25) is 9.89 Å². The number of hydrogen-bond acceptors (Lipinski definition) is 4. The van der Waals surface area contributed by atoms with Crippen molar-refractivity contribution in [1.82, 2.24) is 20.5 Å². The molecule has 1 rings (SSSR count). The van der Waals surface area contributed by atoms with E-state index in [-0.39, 0.29) is 24.0 Å². The van der Waals surface area contributed by atoms with Crippen LogP contribution < -0.4 is 10.6 Å². The first-order chi connectivity index (χ1) is 11.5. The van der Waals surface area contributed by atoms with Gasteiger partial charge in [0.2, 0.25) is 0 Å². The van der Waals surface area contributed by atoms with Gasteiger partial charge in [-0.25, -0.2) is 4.98 Å². The fourth-order valence-electron chi connectivity index (χ4n) is 2.67. The Morgan fingerprint density at radius 2 is 1.88 bits per heavy atom. The molecule has 0 aliphatic rings. The predicted molar refractivity (Wildman–Crippen MR) is 122 cm³/mol. The predicted octanol–water partition coefficient (Wildman–Crippen LogP) is 3.54. The molecule has 0 saturated heterocycles. The second-order valence-electron chi connectivity index (χ2n) is 6.45. The minimum atomic E-state index is 0. The second kappa shape index (κ2) is 13.7. The number of halogens is 1. The van der Waals surface area contributed by atoms with E-state index in [0.717, 1.165) is 45.0 Å². The number of nitrogens with one attached hydrogen (secondary N) is 2. The van der Waals surface area contributed by atoms with Crippen molar-refractivity contribution in [3.8, 4) is 0 Å². The number of guanidine groups is 1. The summed E-state index contributed by atoms with van der Waals surface area (Å²) in [4.78, 5) is 11.8. The van der Waals surface area contributed by atoms with Crippen molar-refractivity contribution in [2.75, 3.05) is 26.2 Å². The number of nitrogens with zero attached hydrogens (tertiary/aromatic N) is 3. The molecular formula is C18H36IN5S. The van der Waals surface area contributed by atoms with Crippen molar-refractivity contribution < 1.29 is 0 Å². The van der Waals surface area contributed by atoms with Crippen LogP contribution in [0.25, 0.3) is 0 Å². The number of rotatable bonds is 10. The van der Waals surface area contributed by atoms with Crippen LogP contribution in [-0.2, 0) is 12.8 Å². The quantitative estimate of drug-likeness (QED) is 0.305. The van der Waals surface area contributed by atoms with Gasteiger partial charge in [0.05, 0.1) is 17.2 Å². The lowest BCUT2D eigenvalue weighted by Crippen LogP contribution is -2.41. The van der Waals surface area contributed by atoms with Gasteiger partial charge in [-0.1, -0.05) is 6.92 Å². The highest BCUT2D eigenvalue weighted by Crippen LogP contribution is 2.10. The van der Waals surface area contributed by atoms with Crippen LogP contribution in [0.5, 0.6) is 0 Å². The van der Waals surface area contributed by atoms with Crippen LogP contribution in [-0.4, -0.2) is 54.1 Å². The third-order valence-electron chi connectivity index (χ3n) is 3.87. The van der Waals surface area contributed by atoms with Crippen molar-refractivity contribution in [3.05, 3.63) is 16.1 Å². The maximum atomic E-state index is 4.71. The molecule has 2 N–H and O–H groups in total. The van der Waals surface area contributed by atoms with E-state index in [9.17, 15) is 0 Å². The normalized spacial score (nSPS) is 12.0. The zero-order valence-electron chi connectivity index (χ0n) is 16.6. The van der Waals surface area contributed by atoms with Crippen molar-refractivity contribution in [1.29, 1.82) is 0 Å². The Morgan fingerprint density at radius 1 is 1.20 bits per heavy atom. The van der Waals surface area contributed by atoms with E-state index in [0.29, 0.717) is 12.1 Å². The molecule has 0 aromatic carbocycles. The molecule has 0 atom stereocenters. The van der Waals surface area contributed by atoms with Crippen LogP contribution >= 0.6 is 35.3 Å². The zero-order valence-corrected chi connectivity index (χ0v) is 19.8. The van der Waals surface area contributed by atoms with Crippen LogP contribution in [0.2, 0.25) is 0 Å². The first-order valence-electron chi connectivity index (χ1n) is 9.19. The van der Waals surface area contributed by atoms with Crippen LogP contribution in [0.3, 0.4) is 0 Å². The molecule has 1 aromatic heterocycles. The summed E-state index contributed by atoms with van der Waals surface area (Å²) in [5.41, 5.74) is 1.17. The van der Waals surface area contributed by atoms with Crippen LogP contribution in [0.4, 0.5) is 0 Å². The summed E-state index contributed by atoms with van der Waals surface area (Å²) in [5.74, 6) is 0.899. The Bertz CT molecular complexity index is 480. The summed E-state index contributed by atoms with van der Waals surface area (Å²) in [6.45, 7) is 16.7. The second-order valence-corrected chi connectivity index (χ2v) is 7.39. The fourth-order valence-corrected chi connectivity index (χ4v) is 3.45. The molecular weight excluding hydrogens is 445 g/mol. The standard InChI is InChI=1S/C18H35N5S.HI/c1-7-17-22-16(13-24-17)9-10-20-18(19-8-2)21-11-12-23(14(3)4)15(5)6;/h13-15H,7-12H2,1-6H3,(H2,19,20,21);1H.